The Morgan fingerprint density at radius 3 is 3.00 bits per heavy atom. The van der Waals surface area contributed by atoms with Gasteiger partial charge in [0.15, 0.2) is 0 Å². The van der Waals surface area contributed by atoms with Crippen LogP contribution in [0.4, 0.5) is 0 Å². The summed E-state index contributed by atoms with van der Waals surface area (Å²) in [6.45, 7) is 1.58. The molecule has 0 aliphatic carbocycles. The zero-order valence-electron chi connectivity index (χ0n) is 5.67. The van der Waals surface area contributed by atoms with E-state index >= 15 is 0 Å². The third-order valence-electron chi connectivity index (χ3n) is 1.72. The quantitative estimate of drug-likeness (QED) is 0.403. The predicted octanol–water partition coefficient (Wildman–Crippen LogP) is 0.00220. The van der Waals surface area contributed by atoms with Crippen LogP contribution in [0.25, 0.3) is 0 Å². The first-order valence-corrected chi connectivity index (χ1v) is 3.40. The van der Waals surface area contributed by atoms with Gasteiger partial charge < -0.3 is 10.2 Å². The fourth-order valence-corrected chi connectivity index (χ4v) is 1.13. The van der Waals surface area contributed by atoms with Crippen LogP contribution in [-0.2, 0) is 9.68 Å². The van der Waals surface area contributed by atoms with Crippen LogP contribution in [0.3, 0.4) is 0 Å². The minimum atomic E-state index is -0.521. The average molecular weight is 145 g/mol. The molecule has 1 unspecified atom stereocenters. The molecule has 0 aromatic heterocycles. The summed E-state index contributed by atoms with van der Waals surface area (Å²) in [4.78, 5) is 14.3. The molecule has 1 heterocycles. The molecule has 0 aromatic carbocycles. The van der Waals surface area contributed by atoms with Crippen LogP contribution in [-0.4, -0.2) is 24.3 Å². The van der Waals surface area contributed by atoms with Crippen molar-refractivity contribution in [2.45, 2.75) is 12.8 Å². The standard InChI is InChI=1S/C6H11NO3/c8-6(10-9)5-2-1-3-7-4-5/h5,7,9H,1-4H2. The molecule has 4 nitrogen and oxygen atoms in total. The van der Waals surface area contributed by atoms with Gasteiger partial charge in [0.1, 0.15) is 0 Å². The minimum Gasteiger partial charge on any atom is -0.316 e. The molecule has 0 saturated carbocycles. The van der Waals surface area contributed by atoms with E-state index in [1.165, 1.54) is 0 Å². The highest BCUT2D eigenvalue weighted by Gasteiger charge is 2.22. The van der Waals surface area contributed by atoms with E-state index < -0.39 is 5.97 Å². The Labute approximate surface area is 59.1 Å². The average Bonchev–Trinajstić information content (AvgIpc) is 2.05. The Kier molecular flexibility index (Phi) is 2.65. The van der Waals surface area contributed by atoms with Crippen molar-refractivity contribution < 1.29 is 14.9 Å². The molecule has 1 atom stereocenters. The second-order valence-corrected chi connectivity index (χ2v) is 2.45. The number of carbonyl (C=O) groups excluding carboxylic acids is 1. The van der Waals surface area contributed by atoms with Crippen LogP contribution in [0.1, 0.15) is 12.8 Å². The molecule has 1 aliphatic rings. The van der Waals surface area contributed by atoms with Gasteiger partial charge in [0.25, 0.3) is 0 Å². The molecular weight excluding hydrogens is 134 g/mol. The number of piperidine rings is 1. The molecule has 58 valence electrons. The van der Waals surface area contributed by atoms with Crippen molar-refractivity contribution in [1.82, 2.24) is 5.32 Å². The lowest BCUT2D eigenvalue weighted by Gasteiger charge is -2.18. The van der Waals surface area contributed by atoms with Crippen molar-refractivity contribution in [1.29, 1.82) is 0 Å². The molecule has 2 N–H and O–H groups in total. The minimum absolute atomic E-state index is 0.154. The van der Waals surface area contributed by atoms with Gasteiger partial charge >= 0.3 is 5.97 Å². The van der Waals surface area contributed by atoms with E-state index in [1.54, 1.807) is 0 Å². The molecule has 0 amide bonds. The highest BCUT2D eigenvalue weighted by molar-refractivity contribution is 5.72. The van der Waals surface area contributed by atoms with E-state index in [4.69, 9.17) is 5.26 Å². The maximum atomic E-state index is 10.7. The molecule has 0 aromatic rings. The fraction of sp³-hybridized carbons (Fsp3) is 0.833. The molecule has 1 fully saturated rings. The van der Waals surface area contributed by atoms with E-state index in [0.717, 1.165) is 19.4 Å². The third kappa shape index (κ3) is 1.68. The van der Waals surface area contributed by atoms with Crippen LogP contribution >= 0.6 is 0 Å². The van der Waals surface area contributed by atoms with Gasteiger partial charge in [-0.25, -0.2) is 4.79 Å². The van der Waals surface area contributed by atoms with Gasteiger partial charge in [0, 0.05) is 6.54 Å². The van der Waals surface area contributed by atoms with Gasteiger partial charge in [-0.2, -0.15) is 5.26 Å². The Hall–Kier alpha value is -0.610. The topological polar surface area (TPSA) is 58.6 Å². The smallest absolute Gasteiger partial charge is 0.316 e. The molecular formula is C6H11NO3. The van der Waals surface area contributed by atoms with Crippen molar-refractivity contribution in [3.63, 3.8) is 0 Å². The molecule has 1 aliphatic heterocycles. The monoisotopic (exact) mass is 145 g/mol. The fourth-order valence-electron chi connectivity index (χ4n) is 1.13. The van der Waals surface area contributed by atoms with Crippen molar-refractivity contribution in [2.75, 3.05) is 13.1 Å². The molecule has 4 heteroatoms. The summed E-state index contributed by atoms with van der Waals surface area (Å²) in [6, 6.07) is 0. The zero-order valence-corrected chi connectivity index (χ0v) is 5.67. The van der Waals surface area contributed by atoms with Crippen molar-refractivity contribution in [3.8, 4) is 0 Å². The van der Waals surface area contributed by atoms with E-state index in [9.17, 15) is 4.79 Å². The molecule has 0 radical (unpaired) electrons. The lowest BCUT2D eigenvalue weighted by Crippen LogP contribution is -2.34. The van der Waals surface area contributed by atoms with Crippen LogP contribution in [0.2, 0.25) is 0 Å². The summed E-state index contributed by atoms with van der Waals surface area (Å²) < 4.78 is 0. The lowest BCUT2D eigenvalue weighted by molar-refractivity contribution is -0.239. The Morgan fingerprint density at radius 1 is 1.70 bits per heavy atom. The van der Waals surface area contributed by atoms with Gasteiger partial charge in [-0.1, -0.05) is 0 Å². The predicted molar refractivity (Wildman–Crippen MR) is 34.3 cm³/mol. The lowest BCUT2D eigenvalue weighted by atomic mass is 10.0. The second-order valence-electron chi connectivity index (χ2n) is 2.45. The normalized spacial score (nSPS) is 25.9. The summed E-state index contributed by atoms with van der Waals surface area (Å²) in [6.07, 6.45) is 1.78. The molecule has 10 heavy (non-hydrogen) atoms. The summed E-state index contributed by atoms with van der Waals surface area (Å²) in [5.41, 5.74) is 0. The third-order valence-corrected chi connectivity index (χ3v) is 1.72. The van der Waals surface area contributed by atoms with Crippen LogP contribution in [0.15, 0.2) is 0 Å². The highest BCUT2D eigenvalue weighted by atomic mass is 17.1. The molecule has 0 bridgehead atoms. The van der Waals surface area contributed by atoms with Crippen LogP contribution in [0.5, 0.6) is 0 Å². The van der Waals surface area contributed by atoms with E-state index in [-0.39, 0.29) is 5.92 Å². The SMILES string of the molecule is O=C(OO)C1CCCNC1. The molecule has 1 saturated heterocycles. The maximum Gasteiger partial charge on any atom is 0.346 e. The van der Waals surface area contributed by atoms with Crippen molar-refractivity contribution in [3.05, 3.63) is 0 Å². The van der Waals surface area contributed by atoms with E-state index in [0.29, 0.717) is 6.54 Å². The number of rotatable bonds is 1. The Balaban J connectivity index is 2.31. The van der Waals surface area contributed by atoms with Gasteiger partial charge in [-0.3, -0.25) is 0 Å². The summed E-state index contributed by atoms with van der Waals surface area (Å²) in [7, 11) is 0. The molecule has 0 spiro atoms. The molecule has 1 rings (SSSR count). The van der Waals surface area contributed by atoms with Gasteiger partial charge in [-0.15, -0.1) is 0 Å². The zero-order chi connectivity index (χ0) is 7.40. The van der Waals surface area contributed by atoms with E-state index in [2.05, 4.69) is 10.2 Å². The summed E-state index contributed by atoms with van der Waals surface area (Å²) in [5.74, 6) is -0.675. The first kappa shape index (κ1) is 7.50. The van der Waals surface area contributed by atoms with Gasteiger partial charge in [-0.05, 0) is 19.4 Å². The van der Waals surface area contributed by atoms with Gasteiger partial charge in [0.05, 0.1) is 5.92 Å². The number of nitrogens with one attached hydrogen (secondary N) is 1. The Bertz CT molecular complexity index is 120. The summed E-state index contributed by atoms with van der Waals surface area (Å²) >= 11 is 0. The van der Waals surface area contributed by atoms with Crippen molar-refractivity contribution >= 4 is 5.97 Å². The maximum absolute atomic E-state index is 10.7. The van der Waals surface area contributed by atoms with Gasteiger partial charge in [0.2, 0.25) is 0 Å². The van der Waals surface area contributed by atoms with Crippen LogP contribution in [0, 0.1) is 5.92 Å². The number of hydrogen-bond acceptors (Lipinski definition) is 4. The largest absolute Gasteiger partial charge is 0.346 e. The first-order valence-electron chi connectivity index (χ1n) is 3.40. The van der Waals surface area contributed by atoms with Crippen LogP contribution < -0.4 is 5.32 Å². The Morgan fingerprint density at radius 2 is 2.50 bits per heavy atom. The van der Waals surface area contributed by atoms with Crippen molar-refractivity contribution in [2.24, 2.45) is 5.92 Å². The van der Waals surface area contributed by atoms with E-state index in [1.807, 2.05) is 0 Å². The number of hydrogen-bond donors (Lipinski definition) is 2. The highest BCUT2D eigenvalue weighted by Crippen LogP contribution is 2.10. The number of carbonyl (C=O) groups is 1. The second kappa shape index (κ2) is 3.53. The first-order chi connectivity index (χ1) is 4.84. The summed E-state index contributed by atoms with van der Waals surface area (Å²) in [5, 5.41) is 11.0.